The van der Waals surface area contributed by atoms with Gasteiger partial charge in [0.15, 0.2) is 11.7 Å². The number of benzene rings is 2. The Morgan fingerprint density at radius 2 is 2.00 bits per heavy atom. The Kier molecular flexibility index (Phi) is 6.67. The summed E-state index contributed by atoms with van der Waals surface area (Å²) in [4.78, 5) is 19.4. The molecule has 6 nitrogen and oxygen atoms in total. The van der Waals surface area contributed by atoms with Gasteiger partial charge in [0.05, 0.1) is 12.8 Å². The Labute approximate surface area is 183 Å². The lowest BCUT2D eigenvalue weighted by molar-refractivity contribution is 0.0996. The first-order chi connectivity index (χ1) is 15.2. The third-order valence-corrected chi connectivity index (χ3v) is 5.43. The zero-order chi connectivity index (χ0) is 21.5. The van der Waals surface area contributed by atoms with Gasteiger partial charge >= 0.3 is 0 Å². The van der Waals surface area contributed by atoms with Gasteiger partial charge in [-0.15, -0.1) is 0 Å². The van der Waals surface area contributed by atoms with E-state index in [4.69, 9.17) is 9.41 Å². The van der Waals surface area contributed by atoms with Gasteiger partial charge in [0, 0.05) is 31.2 Å². The largest absolute Gasteiger partial charge is 0.459 e. The van der Waals surface area contributed by atoms with Gasteiger partial charge < -0.3 is 20.0 Å². The Morgan fingerprint density at radius 3 is 2.77 bits per heavy atom. The molecule has 0 saturated carbocycles. The molecular formula is C25H28N4O2. The number of likely N-dealkylation sites (tertiary alicyclic amines) is 1. The number of nitrogens with zero attached hydrogens (tertiary/aromatic N) is 2. The van der Waals surface area contributed by atoms with E-state index >= 15 is 0 Å². The molecule has 0 spiro atoms. The molecule has 1 aromatic heterocycles. The van der Waals surface area contributed by atoms with E-state index in [0.29, 0.717) is 18.2 Å². The van der Waals surface area contributed by atoms with Crippen molar-refractivity contribution in [1.82, 2.24) is 10.2 Å². The van der Waals surface area contributed by atoms with E-state index in [1.807, 2.05) is 24.3 Å². The predicted molar refractivity (Wildman–Crippen MR) is 123 cm³/mol. The van der Waals surface area contributed by atoms with Crippen molar-refractivity contribution in [3.63, 3.8) is 0 Å². The van der Waals surface area contributed by atoms with Crippen LogP contribution >= 0.6 is 0 Å². The summed E-state index contributed by atoms with van der Waals surface area (Å²) in [5.74, 6) is 1.50. The average Bonchev–Trinajstić information content (AvgIpc) is 3.50. The third kappa shape index (κ3) is 5.34. The van der Waals surface area contributed by atoms with E-state index in [2.05, 4.69) is 52.8 Å². The number of aliphatic imine (C=N–C) groups is 1. The molecule has 1 atom stereocenters. The molecule has 0 aliphatic carbocycles. The van der Waals surface area contributed by atoms with Gasteiger partial charge in [-0.3, -0.25) is 4.79 Å². The zero-order valence-electron chi connectivity index (χ0n) is 17.8. The second-order valence-corrected chi connectivity index (χ2v) is 7.64. The number of amides is 1. The molecule has 4 rings (SSSR count). The molecule has 0 bridgehead atoms. The number of hydrogen-bond acceptors (Lipinski definition) is 3. The zero-order valence-corrected chi connectivity index (χ0v) is 17.8. The van der Waals surface area contributed by atoms with Crippen molar-refractivity contribution in [2.24, 2.45) is 4.99 Å². The van der Waals surface area contributed by atoms with Crippen LogP contribution in [0.25, 0.3) is 0 Å². The monoisotopic (exact) mass is 416 g/mol. The van der Waals surface area contributed by atoms with Gasteiger partial charge in [0.1, 0.15) is 0 Å². The van der Waals surface area contributed by atoms with Gasteiger partial charge in [-0.05, 0) is 48.7 Å². The van der Waals surface area contributed by atoms with Crippen LogP contribution in [0.1, 0.15) is 40.9 Å². The summed E-state index contributed by atoms with van der Waals surface area (Å²) in [6.07, 6.45) is 2.62. The summed E-state index contributed by atoms with van der Waals surface area (Å²) < 4.78 is 5.15. The van der Waals surface area contributed by atoms with Gasteiger partial charge in [-0.1, -0.05) is 42.5 Å². The van der Waals surface area contributed by atoms with Gasteiger partial charge in [-0.25, -0.2) is 4.99 Å². The predicted octanol–water partition coefficient (Wildman–Crippen LogP) is 4.49. The van der Waals surface area contributed by atoms with Crippen molar-refractivity contribution in [2.75, 3.05) is 25.0 Å². The van der Waals surface area contributed by atoms with Crippen molar-refractivity contribution in [1.29, 1.82) is 0 Å². The molecule has 1 saturated heterocycles. The number of hydrogen-bond donors (Lipinski definition) is 2. The van der Waals surface area contributed by atoms with Crippen LogP contribution in [0.2, 0.25) is 0 Å². The first kappa shape index (κ1) is 20.7. The van der Waals surface area contributed by atoms with Crippen LogP contribution in [0.4, 0.5) is 5.69 Å². The Hall–Kier alpha value is -3.54. The lowest BCUT2D eigenvalue weighted by Crippen LogP contribution is -2.40. The molecule has 0 radical (unpaired) electrons. The Balaban J connectivity index is 1.41. The van der Waals surface area contributed by atoms with Crippen molar-refractivity contribution in [2.45, 2.75) is 25.8 Å². The number of guanidine groups is 1. The molecule has 1 fully saturated rings. The fourth-order valence-electron chi connectivity index (χ4n) is 3.89. The molecule has 31 heavy (non-hydrogen) atoms. The first-order valence-electron chi connectivity index (χ1n) is 10.7. The minimum absolute atomic E-state index is 0.261. The normalized spacial score (nSPS) is 16.4. The molecule has 2 aromatic carbocycles. The number of furan rings is 1. The smallest absolute Gasteiger partial charge is 0.291 e. The highest BCUT2D eigenvalue weighted by atomic mass is 16.3. The molecule has 1 unspecified atom stereocenters. The topological polar surface area (TPSA) is 69.9 Å². The maximum absolute atomic E-state index is 12.2. The molecule has 2 heterocycles. The van der Waals surface area contributed by atoms with Crippen LogP contribution < -0.4 is 10.6 Å². The van der Waals surface area contributed by atoms with Crippen LogP contribution in [-0.2, 0) is 6.54 Å². The highest BCUT2D eigenvalue weighted by Crippen LogP contribution is 2.27. The van der Waals surface area contributed by atoms with E-state index in [0.717, 1.165) is 43.3 Å². The molecule has 160 valence electrons. The number of anilines is 1. The highest BCUT2D eigenvalue weighted by Gasteiger charge is 2.25. The summed E-state index contributed by atoms with van der Waals surface area (Å²) in [5.41, 5.74) is 3.15. The lowest BCUT2D eigenvalue weighted by Gasteiger charge is -2.22. The average molecular weight is 417 g/mol. The van der Waals surface area contributed by atoms with Crippen LogP contribution in [0, 0.1) is 0 Å². The van der Waals surface area contributed by atoms with Gasteiger partial charge in [-0.2, -0.15) is 0 Å². The quantitative estimate of drug-likeness (QED) is 0.459. The number of nitrogens with one attached hydrogen (secondary N) is 2. The minimum atomic E-state index is -0.261. The van der Waals surface area contributed by atoms with E-state index in [1.165, 1.54) is 11.8 Å². The summed E-state index contributed by atoms with van der Waals surface area (Å²) in [5, 5.41) is 6.30. The van der Waals surface area contributed by atoms with Gasteiger partial charge in [0.25, 0.3) is 5.91 Å². The number of carbonyl (C=O) groups is 1. The first-order valence-corrected chi connectivity index (χ1v) is 10.7. The van der Waals surface area contributed by atoms with Crippen molar-refractivity contribution >= 4 is 17.6 Å². The Bertz CT molecular complexity index is 1020. The van der Waals surface area contributed by atoms with E-state index in [9.17, 15) is 4.79 Å². The minimum Gasteiger partial charge on any atom is -0.459 e. The maximum atomic E-state index is 12.2. The van der Waals surface area contributed by atoms with E-state index in [1.54, 1.807) is 12.1 Å². The van der Waals surface area contributed by atoms with Crippen LogP contribution in [0.3, 0.4) is 0 Å². The number of carbonyl (C=O) groups excluding carboxylic acids is 1. The maximum Gasteiger partial charge on any atom is 0.291 e. The van der Waals surface area contributed by atoms with E-state index < -0.39 is 0 Å². The SMILES string of the molecule is CCNC(=NCc1cccc(NC(=O)c2ccco2)c1)N1CCC(c2ccccc2)C1. The van der Waals surface area contributed by atoms with Crippen molar-refractivity contribution in [3.8, 4) is 0 Å². The summed E-state index contributed by atoms with van der Waals surface area (Å²) >= 11 is 0. The van der Waals surface area contributed by atoms with Crippen LogP contribution in [0.5, 0.6) is 0 Å². The van der Waals surface area contributed by atoms with Crippen molar-refractivity contribution in [3.05, 3.63) is 89.9 Å². The van der Waals surface area contributed by atoms with E-state index in [-0.39, 0.29) is 5.91 Å². The second kappa shape index (κ2) is 9.98. The standard InChI is InChI=1S/C25H28N4O2/c1-2-26-25(29-14-13-21(18-29)20-9-4-3-5-10-20)27-17-19-8-6-11-22(16-19)28-24(30)23-12-7-15-31-23/h3-12,15-16,21H,2,13-14,17-18H2,1H3,(H,26,27)(H,28,30). The molecule has 1 amide bonds. The lowest BCUT2D eigenvalue weighted by atomic mass is 9.99. The molecular weight excluding hydrogens is 388 g/mol. The van der Waals surface area contributed by atoms with Crippen LogP contribution in [0.15, 0.2) is 82.4 Å². The fourth-order valence-corrected chi connectivity index (χ4v) is 3.89. The highest BCUT2D eigenvalue weighted by molar-refractivity contribution is 6.02. The Morgan fingerprint density at radius 1 is 1.13 bits per heavy atom. The molecule has 1 aliphatic heterocycles. The van der Waals surface area contributed by atoms with Crippen LogP contribution in [-0.4, -0.2) is 36.4 Å². The summed E-state index contributed by atoms with van der Waals surface area (Å²) in [7, 11) is 0. The molecule has 3 aromatic rings. The van der Waals surface area contributed by atoms with Gasteiger partial charge in [0.2, 0.25) is 0 Å². The fraction of sp³-hybridized carbons (Fsp3) is 0.280. The second-order valence-electron chi connectivity index (χ2n) is 7.64. The molecule has 1 aliphatic rings. The molecule has 6 heteroatoms. The molecule has 2 N–H and O–H groups in total. The summed E-state index contributed by atoms with van der Waals surface area (Å²) in [6, 6.07) is 21.8. The van der Waals surface area contributed by atoms with Crippen molar-refractivity contribution < 1.29 is 9.21 Å². The number of rotatable bonds is 6. The summed E-state index contributed by atoms with van der Waals surface area (Å²) in [6.45, 7) is 5.41. The third-order valence-electron chi connectivity index (χ3n) is 5.43.